The summed E-state index contributed by atoms with van der Waals surface area (Å²) in [6, 6.07) is 2.08. The molecule has 0 radical (unpaired) electrons. The van der Waals surface area contributed by atoms with Crippen LogP contribution in [-0.2, 0) is 13.1 Å². The normalized spacial score (nSPS) is 10.8. The van der Waals surface area contributed by atoms with Gasteiger partial charge in [-0.05, 0) is 31.5 Å². The van der Waals surface area contributed by atoms with Crippen molar-refractivity contribution in [3.8, 4) is 0 Å². The van der Waals surface area contributed by atoms with Gasteiger partial charge in [0, 0.05) is 25.2 Å². The van der Waals surface area contributed by atoms with E-state index in [0.717, 1.165) is 36.8 Å². The molecule has 0 amide bonds. The van der Waals surface area contributed by atoms with Crippen LogP contribution in [0.4, 0.5) is 5.69 Å². The van der Waals surface area contributed by atoms with Gasteiger partial charge >= 0.3 is 0 Å². The number of aryl methyl sites for hydroxylation is 1. The lowest BCUT2D eigenvalue weighted by Crippen LogP contribution is -2.21. The third-order valence-corrected chi connectivity index (χ3v) is 3.93. The lowest BCUT2D eigenvalue weighted by Gasteiger charge is -2.21. The standard InChI is InChI=1S/C15H22N4S/c1-4-6-16-8-13-5-7-17-9-15(13)19(3)10-14-11-20-12(2)18-14/h5,7,9,11,16H,4,6,8,10H2,1-3H3. The molecule has 108 valence electrons. The van der Waals surface area contributed by atoms with Crippen molar-refractivity contribution in [1.29, 1.82) is 0 Å². The van der Waals surface area contributed by atoms with Crippen molar-refractivity contribution in [2.75, 3.05) is 18.5 Å². The first-order valence-electron chi connectivity index (χ1n) is 6.96. The average Bonchev–Trinajstić information content (AvgIpc) is 2.85. The van der Waals surface area contributed by atoms with Gasteiger partial charge in [0.2, 0.25) is 0 Å². The molecule has 0 fully saturated rings. The molecule has 0 bridgehead atoms. The molecular weight excluding hydrogens is 268 g/mol. The number of hydrogen-bond donors (Lipinski definition) is 1. The maximum absolute atomic E-state index is 4.52. The van der Waals surface area contributed by atoms with E-state index in [9.17, 15) is 0 Å². The Labute approximate surface area is 124 Å². The predicted molar refractivity (Wildman–Crippen MR) is 85.2 cm³/mol. The third-order valence-electron chi connectivity index (χ3n) is 3.11. The summed E-state index contributed by atoms with van der Waals surface area (Å²) in [5, 5.41) is 6.68. The third kappa shape index (κ3) is 4.02. The topological polar surface area (TPSA) is 41.1 Å². The highest BCUT2D eigenvalue weighted by Gasteiger charge is 2.09. The minimum Gasteiger partial charge on any atom is -0.367 e. The first kappa shape index (κ1) is 14.9. The molecule has 0 unspecified atom stereocenters. The minimum atomic E-state index is 0.816. The average molecular weight is 290 g/mol. The van der Waals surface area contributed by atoms with E-state index in [1.54, 1.807) is 11.3 Å². The van der Waals surface area contributed by atoms with Crippen molar-refractivity contribution in [2.24, 2.45) is 0 Å². The lowest BCUT2D eigenvalue weighted by molar-refractivity contribution is 0.673. The summed E-state index contributed by atoms with van der Waals surface area (Å²) in [5.74, 6) is 0. The molecule has 0 spiro atoms. The lowest BCUT2D eigenvalue weighted by atomic mass is 10.2. The summed E-state index contributed by atoms with van der Waals surface area (Å²) in [7, 11) is 2.09. The second-order valence-corrected chi connectivity index (χ2v) is 5.96. The van der Waals surface area contributed by atoms with Crippen molar-refractivity contribution < 1.29 is 0 Å². The van der Waals surface area contributed by atoms with Gasteiger partial charge in [-0.2, -0.15) is 0 Å². The molecule has 1 N–H and O–H groups in total. The highest BCUT2D eigenvalue weighted by Crippen LogP contribution is 2.20. The summed E-state index contributed by atoms with van der Waals surface area (Å²) in [6.07, 6.45) is 4.93. The Kier molecular flexibility index (Phi) is 5.49. The van der Waals surface area contributed by atoms with Gasteiger partial charge in [-0.3, -0.25) is 4.98 Å². The number of anilines is 1. The van der Waals surface area contributed by atoms with Gasteiger partial charge in [0.25, 0.3) is 0 Å². The van der Waals surface area contributed by atoms with Crippen LogP contribution in [0.25, 0.3) is 0 Å². The molecule has 0 aliphatic heterocycles. The molecule has 2 heterocycles. The molecule has 4 nitrogen and oxygen atoms in total. The van der Waals surface area contributed by atoms with Crippen LogP contribution >= 0.6 is 11.3 Å². The zero-order valence-electron chi connectivity index (χ0n) is 12.4. The first-order chi connectivity index (χ1) is 9.70. The van der Waals surface area contributed by atoms with E-state index in [0.29, 0.717) is 0 Å². The number of nitrogens with zero attached hydrogens (tertiary/aromatic N) is 3. The predicted octanol–water partition coefficient (Wildman–Crippen LogP) is 2.98. The molecule has 0 aliphatic rings. The van der Waals surface area contributed by atoms with Gasteiger partial charge < -0.3 is 10.2 Å². The van der Waals surface area contributed by atoms with Crippen molar-refractivity contribution in [1.82, 2.24) is 15.3 Å². The molecule has 0 saturated heterocycles. The van der Waals surface area contributed by atoms with E-state index in [2.05, 4.69) is 45.6 Å². The summed E-state index contributed by atoms with van der Waals surface area (Å²) < 4.78 is 0. The van der Waals surface area contributed by atoms with Gasteiger partial charge in [-0.25, -0.2) is 4.98 Å². The zero-order chi connectivity index (χ0) is 14.4. The van der Waals surface area contributed by atoms with Crippen molar-refractivity contribution in [2.45, 2.75) is 33.4 Å². The fourth-order valence-electron chi connectivity index (χ4n) is 2.12. The van der Waals surface area contributed by atoms with Crippen LogP contribution in [0.3, 0.4) is 0 Å². The molecule has 2 aromatic heterocycles. The van der Waals surface area contributed by atoms with E-state index < -0.39 is 0 Å². The number of hydrogen-bond acceptors (Lipinski definition) is 5. The molecule has 20 heavy (non-hydrogen) atoms. The molecule has 2 rings (SSSR count). The molecule has 0 atom stereocenters. The van der Waals surface area contributed by atoms with Crippen molar-refractivity contribution in [3.05, 3.63) is 40.1 Å². The van der Waals surface area contributed by atoms with E-state index in [-0.39, 0.29) is 0 Å². The van der Waals surface area contributed by atoms with Crippen LogP contribution in [0.5, 0.6) is 0 Å². The highest BCUT2D eigenvalue weighted by atomic mass is 32.1. The number of thiazole rings is 1. The Morgan fingerprint density at radius 2 is 2.25 bits per heavy atom. The number of rotatable bonds is 7. The van der Waals surface area contributed by atoms with Crippen LogP contribution in [-0.4, -0.2) is 23.6 Å². The number of aromatic nitrogens is 2. The van der Waals surface area contributed by atoms with Crippen molar-refractivity contribution in [3.63, 3.8) is 0 Å². The Hall–Kier alpha value is -1.46. The van der Waals surface area contributed by atoms with E-state index in [1.807, 2.05) is 19.3 Å². The maximum atomic E-state index is 4.52. The molecule has 5 heteroatoms. The number of pyridine rings is 1. The molecule has 0 aliphatic carbocycles. The first-order valence-corrected chi connectivity index (χ1v) is 7.84. The molecule has 0 aromatic carbocycles. The maximum Gasteiger partial charge on any atom is 0.0898 e. The number of nitrogens with one attached hydrogen (secondary N) is 1. The largest absolute Gasteiger partial charge is 0.367 e. The smallest absolute Gasteiger partial charge is 0.0898 e. The summed E-state index contributed by atoms with van der Waals surface area (Å²) >= 11 is 1.70. The van der Waals surface area contributed by atoms with Crippen LogP contribution in [0, 0.1) is 6.92 Å². The quantitative estimate of drug-likeness (QED) is 0.796. The minimum absolute atomic E-state index is 0.816. The molecular formula is C15H22N4S. The Balaban J connectivity index is 2.06. The van der Waals surface area contributed by atoms with Gasteiger partial charge in [-0.1, -0.05) is 6.92 Å². The zero-order valence-corrected chi connectivity index (χ0v) is 13.2. The van der Waals surface area contributed by atoms with E-state index in [1.165, 1.54) is 11.3 Å². The SMILES string of the molecule is CCCNCc1ccncc1N(C)Cc1csc(C)n1. The van der Waals surface area contributed by atoms with E-state index in [4.69, 9.17) is 0 Å². The Morgan fingerprint density at radius 1 is 1.40 bits per heavy atom. The van der Waals surface area contributed by atoms with Gasteiger partial charge in [0.15, 0.2) is 0 Å². The fourth-order valence-corrected chi connectivity index (χ4v) is 2.72. The van der Waals surface area contributed by atoms with Crippen LogP contribution in [0.2, 0.25) is 0 Å². The Bertz CT molecular complexity index is 538. The van der Waals surface area contributed by atoms with Crippen LogP contribution in [0.1, 0.15) is 29.6 Å². The van der Waals surface area contributed by atoms with Gasteiger partial charge in [-0.15, -0.1) is 11.3 Å². The summed E-state index contributed by atoms with van der Waals surface area (Å²) in [4.78, 5) is 11.0. The van der Waals surface area contributed by atoms with Crippen LogP contribution < -0.4 is 10.2 Å². The highest BCUT2D eigenvalue weighted by molar-refractivity contribution is 7.09. The van der Waals surface area contributed by atoms with E-state index >= 15 is 0 Å². The summed E-state index contributed by atoms with van der Waals surface area (Å²) in [5.41, 5.74) is 3.57. The van der Waals surface area contributed by atoms with Gasteiger partial charge in [0.1, 0.15) is 0 Å². The second kappa shape index (κ2) is 7.36. The van der Waals surface area contributed by atoms with Crippen LogP contribution in [0.15, 0.2) is 23.8 Å². The Morgan fingerprint density at radius 3 is 2.95 bits per heavy atom. The fraction of sp³-hybridized carbons (Fsp3) is 0.467. The molecule has 0 saturated carbocycles. The van der Waals surface area contributed by atoms with Crippen molar-refractivity contribution >= 4 is 17.0 Å². The molecule has 2 aromatic rings. The van der Waals surface area contributed by atoms with Gasteiger partial charge in [0.05, 0.1) is 29.1 Å². The second-order valence-electron chi connectivity index (χ2n) is 4.90. The monoisotopic (exact) mass is 290 g/mol. The summed E-state index contributed by atoms with van der Waals surface area (Å²) in [6.45, 7) is 6.95.